The molecule has 186 valence electrons. The van der Waals surface area contributed by atoms with Crippen molar-refractivity contribution in [2.75, 3.05) is 13.7 Å². The monoisotopic (exact) mass is 479 g/mol. The Morgan fingerprint density at radius 1 is 1.09 bits per heavy atom. The third-order valence-electron chi connectivity index (χ3n) is 6.40. The molecule has 0 spiro atoms. The highest BCUT2D eigenvalue weighted by molar-refractivity contribution is 6.01. The van der Waals surface area contributed by atoms with Gasteiger partial charge in [-0.05, 0) is 42.4 Å². The lowest BCUT2D eigenvalue weighted by atomic mass is 9.80. The normalized spacial score (nSPS) is 18.7. The molecular weight excluding hydrogens is 446 g/mol. The third kappa shape index (κ3) is 6.76. The van der Waals surface area contributed by atoms with Crippen molar-refractivity contribution in [3.8, 4) is 0 Å². The summed E-state index contributed by atoms with van der Waals surface area (Å²) in [6, 6.07) is 16.6. The average molecular weight is 480 g/mol. The topological polar surface area (TPSA) is 119 Å². The number of nitrogens with two attached hydrogens (primary N) is 1. The Kier molecular flexibility index (Phi) is 8.40. The van der Waals surface area contributed by atoms with Crippen LogP contribution in [0.4, 0.5) is 0 Å². The number of ketones is 1. The van der Waals surface area contributed by atoms with Crippen molar-refractivity contribution >= 4 is 23.5 Å². The Morgan fingerprint density at radius 2 is 1.69 bits per heavy atom. The highest BCUT2D eigenvalue weighted by Crippen LogP contribution is 2.30. The largest absolute Gasteiger partial charge is 0.367 e. The number of benzene rings is 2. The van der Waals surface area contributed by atoms with Gasteiger partial charge in [0.2, 0.25) is 11.8 Å². The van der Waals surface area contributed by atoms with Crippen LogP contribution >= 0.6 is 0 Å². The van der Waals surface area contributed by atoms with Gasteiger partial charge >= 0.3 is 0 Å². The smallest absolute Gasteiger partial charge is 0.251 e. The predicted molar refractivity (Wildman–Crippen MR) is 131 cm³/mol. The Bertz CT molecular complexity index is 1060. The SMILES string of the molecule is CN(C(=O)C(CC(C)(C)CCc1ccccc1)NC(=O)c1ccccc1)C1C(=O)CO[C@@H]1C(N)=O. The van der Waals surface area contributed by atoms with Crippen molar-refractivity contribution in [1.82, 2.24) is 10.2 Å². The number of nitrogens with one attached hydrogen (secondary N) is 1. The minimum absolute atomic E-state index is 0.292. The number of nitrogens with zero attached hydrogens (tertiary/aromatic N) is 1. The number of aryl methyl sites for hydroxylation is 1. The molecule has 0 radical (unpaired) electrons. The van der Waals surface area contributed by atoms with Crippen LogP contribution in [-0.2, 0) is 25.5 Å². The fourth-order valence-corrected chi connectivity index (χ4v) is 4.37. The predicted octanol–water partition coefficient (Wildman–Crippen LogP) is 2.11. The number of carbonyl (C=O) groups excluding carboxylic acids is 4. The second-order valence-corrected chi connectivity index (χ2v) is 9.74. The van der Waals surface area contributed by atoms with Crippen LogP contribution in [0, 0.1) is 5.41 Å². The van der Waals surface area contributed by atoms with E-state index in [1.54, 1.807) is 30.3 Å². The number of hydrogen-bond acceptors (Lipinski definition) is 5. The molecule has 2 aromatic rings. The highest BCUT2D eigenvalue weighted by atomic mass is 16.5. The molecule has 0 aliphatic carbocycles. The van der Waals surface area contributed by atoms with Gasteiger partial charge in [-0.15, -0.1) is 0 Å². The van der Waals surface area contributed by atoms with Crippen LogP contribution in [0.2, 0.25) is 0 Å². The fraction of sp³-hybridized carbons (Fsp3) is 0.407. The van der Waals surface area contributed by atoms with Crippen LogP contribution in [0.25, 0.3) is 0 Å². The van der Waals surface area contributed by atoms with Crippen molar-refractivity contribution in [3.05, 3.63) is 71.8 Å². The summed E-state index contributed by atoms with van der Waals surface area (Å²) in [5, 5.41) is 2.85. The van der Waals surface area contributed by atoms with Crippen molar-refractivity contribution in [2.45, 2.75) is 51.3 Å². The van der Waals surface area contributed by atoms with Gasteiger partial charge in [0.25, 0.3) is 5.91 Å². The molecule has 1 heterocycles. The zero-order valence-corrected chi connectivity index (χ0v) is 20.4. The number of primary amides is 1. The molecule has 3 atom stereocenters. The summed E-state index contributed by atoms with van der Waals surface area (Å²) in [5.41, 5.74) is 6.68. The van der Waals surface area contributed by atoms with Gasteiger partial charge in [0.1, 0.15) is 18.7 Å². The van der Waals surface area contributed by atoms with E-state index < -0.39 is 41.7 Å². The van der Waals surface area contributed by atoms with E-state index in [1.807, 2.05) is 32.0 Å². The Morgan fingerprint density at radius 3 is 2.29 bits per heavy atom. The zero-order valence-electron chi connectivity index (χ0n) is 20.4. The van der Waals surface area contributed by atoms with Crippen molar-refractivity contribution in [2.24, 2.45) is 11.1 Å². The molecule has 0 bridgehead atoms. The van der Waals surface area contributed by atoms with Crippen molar-refractivity contribution in [3.63, 3.8) is 0 Å². The number of rotatable bonds is 10. The van der Waals surface area contributed by atoms with Gasteiger partial charge < -0.3 is 20.7 Å². The summed E-state index contributed by atoms with van der Waals surface area (Å²) in [5.74, 6) is -2.08. The van der Waals surface area contributed by atoms with Crippen molar-refractivity contribution < 1.29 is 23.9 Å². The van der Waals surface area contributed by atoms with E-state index in [0.29, 0.717) is 12.0 Å². The lowest BCUT2D eigenvalue weighted by Gasteiger charge is -2.34. The molecule has 2 unspecified atom stereocenters. The Labute approximate surface area is 205 Å². The zero-order chi connectivity index (χ0) is 25.6. The van der Waals surface area contributed by atoms with E-state index in [0.717, 1.165) is 12.8 Å². The summed E-state index contributed by atoms with van der Waals surface area (Å²) in [4.78, 5) is 52.0. The van der Waals surface area contributed by atoms with Gasteiger partial charge in [-0.1, -0.05) is 62.4 Å². The fourth-order valence-electron chi connectivity index (χ4n) is 4.37. The summed E-state index contributed by atoms with van der Waals surface area (Å²) in [7, 11) is 1.44. The molecule has 0 saturated carbocycles. The van der Waals surface area contributed by atoms with E-state index in [-0.39, 0.29) is 12.0 Å². The number of carbonyl (C=O) groups is 4. The first-order valence-electron chi connectivity index (χ1n) is 11.7. The van der Waals surface area contributed by atoms with E-state index in [4.69, 9.17) is 10.5 Å². The quantitative estimate of drug-likeness (QED) is 0.541. The molecule has 8 heteroatoms. The van der Waals surface area contributed by atoms with E-state index >= 15 is 0 Å². The summed E-state index contributed by atoms with van der Waals surface area (Å²) >= 11 is 0. The van der Waals surface area contributed by atoms with Gasteiger partial charge in [0.15, 0.2) is 11.9 Å². The van der Waals surface area contributed by atoms with Crippen LogP contribution in [0.5, 0.6) is 0 Å². The van der Waals surface area contributed by atoms with Gasteiger partial charge in [0, 0.05) is 12.6 Å². The van der Waals surface area contributed by atoms with Crippen LogP contribution < -0.4 is 11.1 Å². The van der Waals surface area contributed by atoms with E-state index in [2.05, 4.69) is 17.4 Å². The molecule has 8 nitrogen and oxygen atoms in total. The molecule has 1 fully saturated rings. The Hall–Kier alpha value is -3.52. The molecular formula is C27H33N3O5. The van der Waals surface area contributed by atoms with E-state index in [1.165, 1.54) is 17.5 Å². The second kappa shape index (κ2) is 11.3. The maximum atomic E-state index is 13.6. The van der Waals surface area contributed by atoms with Crippen LogP contribution in [0.3, 0.4) is 0 Å². The number of ether oxygens (including phenoxy) is 1. The maximum Gasteiger partial charge on any atom is 0.251 e. The minimum atomic E-state index is -1.21. The van der Waals surface area contributed by atoms with Crippen LogP contribution in [0.15, 0.2) is 60.7 Å². The molecule has 1 saturated heterocycles. The lowest BCUT2D eigenvalue weighted by molar-refractivity contribution is -0.141. The first-order valence-corrected chi connectivity index (χ1v) is 11.7. The van der Waals surface area contributed by atoms with Crippen molar-refractivity contribution in [1.29, 1.82) is 0 Å². The second-order valence-electron chi connectivity index (χ2n) is 9.74. The average Bonchev–Trinajstić information content (AvgIpc) is 3.24. The molecule has 35 heavy (non-hydrogen) atoms. The summed E-state index contributed by atoms with van der Waals surface area (Å²) in [6.07, 6.45) is 0.717. The summed E-state index contributed by atoms with van der Waals surface area (Å²) in [6.45, 7) is 3.79. The number of likely N-dealkylation sites (N-methyl/N-ethyl adjacent to an activating group) is 1. The van der Waals surface area contributed by atoms with Gasteiger partial charge in [-0.2, -0.15) is 0 Å². The Balaban J connectivity index is 1.81. The summed E-state index contributed by atoms with van der Waals surface area (Å²) < 4.78 is 5.22. The van der Waals surface area contributed by atoms with E-state index in [9.17, 15) is 19.2 Å². The minimum Gasteiger partial charge on any atom is -0.367 e. The van der Waals surface area contributed by atoms with Crippen LogP contribution in [0.1, 0.15) is 42.6 Å². The third-order valence-corrected chi connectivity index (χ3v) is 6.40. The number of Topliss-reactive ketones (excluding diaryl/α,β-unsaturated/α-hetero) is 1. The maximum absolute atomic E-state index is 13.6. The molecule has 0 aromatic heterocycles. The molecule has 3 N–H and O–H groups in total. The molecule has 1 aliphatic rings. The van der Waals surface area contributed by atoms with Gasteiger partial charge in [0.05, 0.1) is 0 Å². The highest BCUT2D eigenvalue weighted by Gasteiger charge is 2.45. The lowest BCUT2D eigenvalue weighted by Crippen LogP contribution is -2.56. The van der Waals surface area contributed by atoms with Gasteiger partial charge in [-0.3, -0.25) is 19.2 Å². The molecule has 2 aromatic carbocycles. The number of amides is 3. The first-order chi connectivity index (χ1) is 16.6. The molecule has 1 aliphatic heterocycles. The first kappa shape index (κ1) is 26.1. The van der Waals surface area contributed by atoms with Gasteiger partial charge in [-0.25, -0.2) is 0 Å². The van der Waals surface area contributed by atoms with Crippen LogP contribution in [-0.4, -0.2) is 60.2 Å². The molecule has 3 rings (SSSR count). The molecule has 3 amide bonds. The number of hydrogen-bond donors (Lipinski definition) is 2. The standard InChI is InChI=1S/C27H33N3O5/c1-27(2,15-14-18-10-6-4-7-11-18)16-20(29-25(33)19-12-8-5-9-13-19)26(34)30(3)22-21(31)17-35-23(22)24(28)32/h4-13,20,22-23H,14-17H2,1-3H3,(H2,28,32)(H,29,33)/t20?,22?,23-/m0/s1.